The standard InChI is InChI=1S/C30H42N2O3/c1-29(2,3)21-17-18-26(24(19-21)30(4,5)6)35-20-27(33)32(7)25-16-12-11-15-23(25)28(34)31-22-13-9-8-10-14-22/h11-12,15-19,22H,8-10,13-14,20H2,1-7H3,(H,31,34). The van der Waals surface area contributed by atoms with E-state index in [2.05, 4.69) is 59.0 Å². The number of hydrogen-bond acceptors (Lipinski definition) is 3. The van der Waals surface area contributed by atoms with Crippen LogP contribution in [-0.2, 0) is 15.6 Å². The molecule has 1 aliphatic carbocycles. The summed E-state index contributed by atoms with van der Waals surface area (Å²) in [6.45, 7) is 12.9. The molecule has 0 radical (unpaired) electrons. The van der Waals surface area contributed by atoms with E-state index in [-0.39, 0.29) is 35.3 Å². The van der Waals surface area contributed by atoms with E-state index < -0.39 is 0 Å². The first-order valence-electron chi connectivity index (χ1n) is 12.8. The Morgan fingerprint density at radius 1 is 0.943 bits per heavy atom. The predicted molar refractivity (Wildman–Crippen MR) is 144 cm³/mol. The quantitative estimate of drug-likeness (QED) is 0.524. The smallest absolute Gasteiger partial charge is 0.264 e. The molecule has 3 rings (SSSR count). The van der Waals surface area contributed by atoms with Crippen molar-refractivity contribution in [2.75, 3.05) is 18.6 Å². The second-order valence-corrected chi connectivity index (χ2v) is 11.8. The van der Waals surface area contributed by atoms with Crippen molar-refractivity contribution in [3.63, 3.8) is 0 Å². The van der Waals surface area contributed by atoms with Crippen LogP contribution in [0.4, 0.5) is 5.69 Å². The number of para-hydroxylation sites is 1. The molecule has 2 amide bonds. The molecule has 1 N–H and O–H groups in total. The van der Waals surface area contributed by atoms with Crippen LogP contribution >= 0.6 is 0 Å². The topological polar surface area (TPSA) is 58.6 Å². The number of amides is 2. The maximum absolute atomic E-state index is 13.1. The van der Waals surface area contributed by atoms with E-state index in [1.807, 2.05) is 24.3 Å². The summed E-state index contributed by atoms with van der Waals surface area (Å²) in [6.07, 6.45) is 5.56. The minimum absolute atomic E-state index is 0.0243. The average Bonchev–Trinajstić information content (AvgIpc) is 2.81. The van der Waals surface area contributed by atoms with Gasteiger partial charge in [0.05, 0.1) is 11.3 Å². The van der Waals surface area contributed by atoms with Crippen LogP contribution in [0.25, 0.3) is 0 Å². The van der Waals surface area contributed by atoms with E-state index in [9.17, 15) is 9.59 Å². The first-order valence-corrected chi connectivity index (χ1v) is 12.8. The van der Waals surface area contributed by atoms with Gasteiger partial charge in [0.25, 0.3) is 11.8 Å². The molecule has 1 saturated carbocycles. The van der Waals surface area contributed by atoms with Crippen molar-refractivity contribution in [3.8, 4) is 5.75 Å². The van der Waals surface area contributed by atoms with Gasteiger partial charge in [-0.2, -0.15) is 0 Å². The molecule has 2 aromatic rings. The second-order valence-electron chi connectivity index (χ2n) is 11.8. The van der Waals surface area contributed by atoms with Crippen molar-refractivity contribution >= 4 is 17.5 Å². The number of benzene rings is 2. The van der Waals surface area contributed by atoms with Crippen molar-refractivity contribution in [1.82, 2.24) is 5.32 Å². The summed E-state index contributed by atoms with van der Waals surface area (Å²) in [5.74, 6) is 0.388. The highest BCUT2D eigenvalue weighted by Crippen LogP contribution is 2.35. The highest BCUT2D eigenvalue weighted by Gasteiger charge is 2.25. The Morgan fingerprint density at radius 3 is 2.23 bits per heavy atom. The van der Waals surface area contributed by atoms with Gasteiger partial charge in [-0.05, 0) is 53.0 Å². The first-order chi connectivity index (χ1) is 16.4. The van der Waals surface area contributed by atoms with E-state index in [0.717, 1.165) is 37.0 Å². The van der Waals surface area contributed by atoms with E-state index >= 15 is 0 Å². The van der Waals surface area contributed by atoms with E-state index in [1.165, 1.54) is 16.9 Å². The number of nitrogens with zero attached hydrogens (tertiary/aromatic N) is 1. The van der Waals surface area contributed by atoms with Crippen LogP contribution in [0.2, 0.25) is 0 Å². The van der Waals surface area contributed by atoms with Crippen molar-refractivity contribution in [2.24, 2.45) is 0 Å². The van der Waals surface area contributed by atoms with Crippen LogP contribution in [-0.4, -0.2) is 31.5 Å². The number of carbonyl (C=O) groups excluding carboxylic acids is 2. The monoisotopic (exact) mass is 478 g/mol. The van der Waals surface area contributed by atoms with Crippen molar-refractivity contribution < 1.29 is 14.3 Å². The van der Waals surface area contributed by atoms with Crippen LogP contribution < -0.4 is 15.0 Å². The number of carbonyl (C=O) groups is 2. The lowest BCUT2D eigenvalue weighted by molar-refractivity contribution is -0.120. The zero-order valence-electron chi connectivity index (χ0n) is 22.5. The molecule has 190 valence electrons. The van der Waals surface area contributed by atoms with Crippen LogP contribution in [0.5, 0.6) is 5.75 Å². The minimum Gasteiger partial charge on any atom is -0.483 e. The summed E-state index contributed by atoms with van der Waals surface area (Å²) < 4.78 is 6.07. The lowest BCUT2D eigenvalue weighted by Crippen LogP contribution is -2.38. The van der Waals surface area contributed by atoms with Gasteiger partial charge >= 0.3 is 0 Å². The van der Waals surface area contributed by atoms with Gasteiger partial charge < -0.3 is 15.0 Å². The Balaban J connectivity index is 1.74. The summed E-state index contributed by atoms with van der Waals surface area (Å²) in [5.41, 5.74) is 3.31. The molecule has 0 aromatic heterocycles. The fourth-order valence-corrected chi connectivity index (χ4v) is 4.55. The molecule has 0 aliphatic heterocycles. The van der Waals surface area contributed by atoms with Crippen molar-refractivity contribution in [2.45, 2.75) is 90.5 Å². The Labute approximate surface area is 211 Å². The summed E-state index contributed by atoms with van der Waals surface area (Å²) in [6, 6.07) is 13.7. The second kappa shape index (κ2) is 10.8. The molecule has 5 nitrogen and oxygen atoms in total. The Bertz CT molecular complexity index is 1040. The maximum atomic E-state index is 13.1. The lowest BCUT2D eigenvalue weighted by Gasteiger charge is -2.28. The fourth-order valence-electron chi connectivity index (χ4n) is 4.55. The molecule has 1 aliphatic rings. The number of hydrogen-bond donors (Lipinski definition) is 1. The molecule has 0 bridgehead atoms. The fraction of sp³-hybridized carbons (Fsp3) is 0.533. The number of nitrogens with one attached hydrogen (secondary N) is 1. The van der Waals surface area contributed by atoms with Crippen molar-refractivity contribution in [3.05, 3.63) is 59.2 Å². The van der Waals surface area contributed by atoms with E-state index in [1.54, 1.807) is 13.1 Å². The summed E-state index contributed by atoms with van der Waals surface area (Å²) in [5, 5.41) is 3.16. The normalized spacial score (nSPS) is 14.9. The Morgan fingerprint density at radius 2 is 1.60 bits per heavy atom. The molecule has 0 saturated heterocycles. The van der Waals surface area contributed by atoms with Gasteiger partial charge in [-0.3, -0.25) is 9.59 Å². The largest absolute Gasteiger partial charge is 0.483 e. The first kappa shape index (κ1) is 26.8. The van der Waals surface area contributed by atoms with Gasteiger partial charge in [0.15, 0.2) is 6.61 Å². The van der Waals surface area contributed by atoms with Crippen LogP contribution in [0.15, 0.2) is 42.5 Å². The van der Waals surface area contributed by atoms with E-state index in [0.29, 0.717) is 11.3 Å². The predicted octanol–water partition coefficient (Wildman–Crippen LogP) is 6.39. The molecule has 0 spiro atoms. The van der Waals surface area contributed by atoms with Crippen LogP contribution in [0, 0.1) is 0 Å². The summed E-state index contributed by atoms with van der Waals surface area (Å²) in [7, 11) is 1.70. The zero-order valence-corrected chi connectivity index (χ0v) is 22.5. The Hall–Kier alpha value is -2.82. The van der Waals surface area contributed by atoms with Crippen molar-refractivity contribution in [1.29, 1.82) is 0 Å². The molecule has 0 heterocycles. The third-order valence-electron chi connectivity index (χ3n) is 6.83. The third-order valence-corrected chi connectivity index (χ3v) is 6.83. The van der Waals surface area contributed by atoms with Gasteiger partial charge in [0.1, 0.15) is 5.75 Å². The van der Waals surface area contributed by atoms with Crippen LogP contribution in [0.3, 0.4) is 0 Å². The van der Waals surface area contributed by atoms with Gasteiger partial charge in [-0.1, -0.05) is 85.1 Å². The molecular formula is C30H42N2O3. The van der Waals surface area contributed by atoms with Gasteiger partial charge in [-0.15, -0.1) is 0 Å². The zero-order chi connectivity index (χ0) is 25.8. The Kier molecular flexibility index (Phi) is 8.30. The molecule has 1 fully saturated rings. The molecule has 2 aromatic carbocycles. The molecule has 35 heavy (non-hydrogen) atoms. The lowest BCUT2D eigenvalue weighted by atomic mass is 9.80. The number of ether oxygens (including phenoxy) is 1. The molecule has 5 heteroatoms. The number of likely N-dealkylation sites (N-methyl/N-ethyl adjacent to an activating group) is 1. The third kappa shape index (κ3) is 6.87. The molecule has 0 atom stereocenters. The number of rotatable bonds is 6. The van der Waals surface area contributed by atoms with Crippen LogP contribution in [0.1, 0.15) is 95.1 Å². The molecule has 0 unspecified atom stereocenters. The molecular weight excluding hydrogens is 436 g/mol. The van der Waals surface area contributed by atoms with Gasteiger partial charge in [0, 0.05) is 13.1 Å². The minimum atomic E-state index is -0.206. The maximum Gasteiger partial charge on any atom is 0.264 e. The summed E-state index contributed by atoms with van der Waals surface area (Å²) >= 11 is 0. The van der Waals surface area contributed by atoms with E-state index in [4.69, 9.17) is 4.74 Å². The van der Waals surface area contributed by atoms with Gasteiger partial charge in [0.2, 0.25) is 0 Å². The highest BCUT2D eigenvalue weighted by atomic mass is 16.5. The summed E-state index contributed by atoms with van der Waals surface area (Å²) in [4.78, 5) is 27.7. The average molecular weight is 479 g/mol. The highest BCUT2D eigenvalue weighted by molar-refractivity contribution is 6.05. The number of anilines is 1. The SMILES string of the molecule is CN(C(=O)COc1ccc(C(C)(C)C)cc1C(C)(C)C)c1ccccc1C(=O)NC1CCCCC1. The van der Waals surface area contributed by atoms with Gasteiger partial charge in [-0.25, -0.2) is 0 Å².